The Labute approximate surface area is 208 Å². The lowest BCUT2D eigenvalue weighted by atomic mass is 9.93. The third kappa shape index (κ3) is 7.03. The molecule has 3 atom stereocenters. The van der Waals surface area contributed by atoms with Crippen molar-refractivity contribution >= 4 is 10.8 Å². The summed E-state index contributed by atoms with van der Waals surface area (Å²) in [7, 11) is -2.05. The molecule has 0 fully saturated rings. The SMILES string of the molecule is CCC[C@H](S(=O)c1ccc(C)cc1)[C@](O)(CN(Cc1ccccc1)Cc1ccccc1)C(F)(F)F. The van der Waals surface area contributed by atoms with E-state index in [-0.39, 0.29) is 24.4 Å². The monoisotopic (exact) mass is 503 g/mol. The number of aryl methyl sites for hydroxylation is 1. The van der Waals surface area contributed by atoms with Crippen molar-refractivity contribution in [3.8, 4) is 0 Å². The van der Waals surface area contributed by atoms with Gasteiger partial charge in [0.1, 0.15) is 0 Å². The molecule has 0 radical (unpaired) electrons. The highest BCUT2D eigenvalue weighted by Crippen LogP contribution is 2.40. The van der Waals surface area contributed by atoms with Crippen LogP contribution in [0.25, 0.3) is 0 Å². The molecule has 188 valence electrons. The minimum absolute atomic E-state index is 0.0268. The minimum Gasteiger partial charge on any atom is -0.378 e. The average Bonchev–Trinajstić information content (AvgIpc) is 2.83. The Morgan fingerprint density at radius 1 is 0.857 bits per heavy atom. The van der Waals surface area contributed by atoms with Crippen molar-refractivity contribution in [1.29, 1.82) is 0 Å². The molecule has 3 aromatic rings. The van der Waals surface area contributed by atoms with Crippen molar-refractivity contribution in [1.82, 2.24) is 4.90 Å². The highest BCUT2D eigenvalue weighted by atomic mass is 32.2. The van der Waals surface area contributed by atoms with Crippen molar-refractivity contribution in [2.45, 2.75) is 61.7 Å². The molecule has 7 heteroatoms. The zero-order chi connectivity index (χ0) is 25.5. The molecule has 0 aromatic heterocycles. The first-order valence-corrected chi connectivity index (χ1v) is 12.9. The third-order valence-corrected chi connectivity index (χ3v) is 7.93. The van der Waals surface area contributed by atoms with Crippen molar-refractivity contribution in [2.75, 3.05) is 6.54 Å². The molecule has 0 aliphatic carbocycles. The smallest absolute Gasteiger partial charge is 0.378 e. The van der Waals surface area contributed by atoms with Crippen LogP contribution in [-0.4, -0.2) is 37.8 Å². The predicted molar refractivity (Wildman–Crippen MR) is 134 cm³/mol. The number of rotatable bonds is 11. The second-order valence-corrected chi connectivity index (χ2v) is 10.6. The van der Waals surface area contributed by atoms with E-state index < -0.39 is 34.4 Å². The molecule has 0 aliphatic rings. The van der Waals surface area contributed by atoms with E-state index in [0.29, 0.717) is 6.42 Å². The van der Waals surface area contributed by atoms with Gasteiger partial charge >= 0.3 is 6.18 Å². The lowest BCUT2D eigenvalue weighted by Gasteiger charge is -2.40. The van der Waals surface area contributed by atoms with Crippen LogP contribution in [0.15, 0.2) is 89.8 Å². The van der Waals surface area contributed by atoms with Gasteiger partial charge in [0, 0.05) is 24.5 Å². The fourth-order valence-electron chi connectivity index (χ4n) is 4.19. The molecule has 3 nitrogen and oxygen atoms in total. The van der Waals surface area contributed by atoms with Crippen molar-refractivity contribution in [2.24, 2.45) is 0 Å². The van der Waals surface area contributed by atoms with Crippen LogP contribution in [0.4, 0.5) is 13.2 Å². The van der Waals surface area contributed by atoms with Crippen LogP contribution in [0.2, 0.25) is 0 Å². The number of aliphatic hydroxyl groups is 1. The lowest BCUT2D eigenvalue weighted by molar-refractivity contribution is -0.266. The van der Waals surface area contributed by atoms with Crippen LogP contribution in [0.1, 0.15) is 36.5 Å². The second-order valence-electron chi connectivity index (χ2n) is 8.93. The summed E-state index contributed by atoms with van der Waals surface area (Å²) in [6, 6.07) is 25.0. The maximum atomic E-state index is 14.6. The van der Waals surface area contributed by atoms with Gasteiger partial charge in [-0.25, -0.2) is 0 Å². The fourth-order valence-corrected chi connectivity index (χ4v) is 5.93. The van der Waals surface area contributed by atoms with Crippen LogP contribution < -0.4 is 0 Å². The second kappa shape index (κ2) is 12.0. The first-order valence-electron chi connectivity index (χ1n) is 11.7. The number of hydrogen-bond donors (Lipinski definition) is 1. The van der Waals surface area contributed by atoms with Gasteiger partial charge in [-0.15, -0.1) is 0 Å². The molecule has 1 unspecified atom stereocenters. The Hall–Kier alpha value is -2.48. The lowest BCUT2D eigenvalue weighted by Crippen LogP contribution is -2.61. The zero-order valence-electron chi connectivity index (χ0n) is 20.0. The normalized spacial score (nSPS) is 15.5. The van der Waals surface area contributed by atoms with E-state index in [1.165, 1.54) is 0 Å². The summed E-state index contributed by atoms with van der Waals surface area (Å²) in [4.78, 5) is 1.88. The topological polar surface area (TPSA) is 40.5 Å². The summed E-state index contributed by atoms with van der Waals surface area (Å²) >= 11 is 0. The Balaban J connectivity index is 2.00. The number of halogens is 3. The molecule has 0 spiro atoms. The molecule has 3 aromatic carbocycles. The summed E-state index contributed by atoms with van der Waals surface area (Å²) in [5.74, 6) is 0. The van der Waals surface area contributed by atoms with Crippen LogP contribution in [0, 0.1) is 6.92 Å². The summed E-state index contributed by atoms with van der Waals surface area (Å²) < 4.78 is 57.4. The molecular formula is C28H32F3NO2S. The quantitative estimate of drug-likeness (QED) is 0.335. The highest BCUT2D eigenvalue weighted by molar-refractivity contribution is 7.85. The maximum absolute atomic E-state index is 14.6. The molecule has 3 rings (SSSR count). The van der Waals surface area contributed by atoms with Crippen LogP contribution in [-0.2, 0) is 23.9 Å². The third-order valence-electron chi connectivity index (χ3n) is 6.05. The minimum atomic E-state index is -4.97. The van der Waals surface area contributed by atoms with Gasteiger partial charge in [0.15, 0.2) is 5.60 Å². The van der Waals surface area contributed by atoms with E-state index in [0.717, 1.165) is 16.7 Å². The largest absolute Gasteiger partial charge is 0.419 e. The summed E-state index contributed by atoms with van der Waals surface area (Å²) in [6.07, 6.45) is -4.64. The summed E-state index contributed by atoms with van der Waals surface area (Å²) in [5.41, 5.74) is -0.581. The first kappa shape index (κ1) is 27.1. The zero-order valence-corrected chi connectivity index (χ0v) is 20.9. The Kier molecular flexibility index (Phi) is 9.27. The molecule has 0 aliphatic heterocycles. The van der Waals surface area contributed by atoms with Gasteiger partial charge in [0.05, 0.1) is 16.0 Å². The van der Waals surface area contributed by atoms with Crippen LogP contribution in [0.5, 0.6) is 0 Å². The van der Waals surface area contributed by atoms with Crippen LogP contribution >= 0.6 is 0 Å². The average molecular weight is 504 g/mol. The van der Waals surface area contributed by atoms with Crippen LogP contribution in [0.3, 0.4) is 0 Å². The van der Waals surface area contributed by atoms with Crippen molar-refractivity contribution < 1.29 is 22.5 Å². The molecule has 1 N–H and O–H groups in total. The van der Waals surface area contributed by atoms with E-state index in [2.05, 4.69) is 0 Å². The predicted octanol–water partition coefficient (Wildman–Crippen LogP) is 6.27. The van der Waals surface area contributed by atoms with E-state index >= 15 is 0 Å². The van der Waals surface area contributed by atoms with Crippen molar-refractivity contribution in [3.05, 3.63) is 102 Å². The van der Waals surface area contributed by atoms with Gasteiger partial charge in [-0.05, 0) is 36.6 Å². The number of alkyl halides is 3. The summed E-state index contributed by atoms with van der Waals surface area (Å²) in [6.45, 7) is 3.33. The Morgan fingerprint density at radius 3 is 1.77 bits per heavy atom. The standard InChI is InChI=1S/C28H32F3NO2S/c1-3-10-26(35(34)25-17-15-22(2)16-18-25)27(33,28(29,30)31)21-32(19-23-11-6-4-7-12-23)20-24-13-8-5-9-14-24/h4-9,11-18,26,33H,3,10,19-21H2,1-2H3/t26-,27+,35?/m0/s1. The molecule has 0 saturated carbocycles. The maximum Gasteiger partial charge on any atom is 0.419 e. The number of benzene rings is 3. The molecule has 0 heterocycles. The van der Waals surface area contributed by atoms with Gasteiger partial charge in [-0.1, -0.05) is 91.7 Å². The Bertz CT molecular complexity index is 1030. The Morgan fingerprint density at radius 2 is 1.34 bits per heavy atom. The van der Waals surface area contributed by atoms with E-state index in [1.54, 1.807) is 36.1 Å². The molecule has 0 saturated heterocycles. The molecule has 0 amide bonds. The van der Waals surface area contributed by atoms with E-state index in [9.17, 15) is 22.5 Å². The van der Waals surface area contributed by atoms with Gasteiger partial charge in [0.25, 0.3) is 0 Å². The van der Waals surface area contributed by atoms with Crippen molar-refractivity contribution in [3.63, 3.8) is 0 Å². The van der Waals surface area contributed by atoms with Gasteiger partial charge < -0.3 is 5.11 Å². The number of hydrogen-bond acceptors (Lipinski definition) is 3. The number of nitrogens with zero attached hydrogens (tertiary/aromatic N) is 1. The van der Waals surface area contributed by atoms with Gasteiger partial charge in [0.2, 0.25) is 0 Å². The fraction of sp³-hybridized carbons (Fsp3) is 0.357. The molecule has 35 heavy (non-hydrogen) atoms. The molecule has 0 bridgehead atoms. The van der Waals surface area contributed by atoms with Gasteiger partial charge in [-0.2, -0.15) is 13.2 Å². The first-order chi connectivity index (χ1) is 16.6. The highest BCUT2D eigenvalue weighted by Gasteiger charge is 2.60. The summed E-state index contributed by atoms with van der Waals surface area (Å²) in [5, 5.41) is 9.88. The molecular weight excluding hydrogens is 471 g/mol. The van der Waals surface area contributed by atoms with Gasteiger partial charge in [-0.3, -0.25) is 9.11 Å². The van der Waals surface area contributed by atoms with E-state index in [4.69, 9.17) is 0 Å². The van der Waals surface area contributed by atoms with E-state index in [1.807, 2.05) is 67.6 Å².